The molecule has 3 rings (SSSR count). The van der Waals surface area contributed by atoms with Crippen LogP contribution in [0.1, 0.15) is 28.4 Å². The minimum absolute atomic E-state index is 0.126. The van der Waals surface area contributed by atoms with Crippen molar-refractivity contribution in [3.63, 3.8) is 0 Å². The number of aromatic nitrogens is 3. The number of aromatic amines is 1. The molecule has 8 nitrogen and oxygen atoms in total. The van der Waals surface area contributed by atoms with Gasteiger partial charge in [-0.15, -0.1) is 11.3 Å². The molecule has 0 aromatic carbocycles. The monoisotopic (exact) mass is 349 g/mol. The largest absolute Gasteiger partial charge is 0.348 e. The molecule has 128 valence electrons. The van der Waals surface area contributed by atoms with Crippen LogP contribution in [-0.2, 0) is 21.4 Å². The van der Waals surface area contributed by atoms with Crippen LogP contribution in [0.4, 0.5) is 0 Å². The highest BCUT2D eigenvalue weighted by molar-refractivity contribution is 7.11. The normalized spacial score (nSPS) is 16.5. The van der Waals surface area contributed by atoms with E-state index in [-0.39, 0.29) is 12.3 Å². The third-order valence-electron chi connectivity index (χ3n) is 4.42. The third-order valence-corrected chi connectivity index (χ3v) is 5.54. The summed E-state index contributed by atoms with van der Waals surface area (Å²) in [7, 11) is 1.59. The molecule has 24 heavy (non-hydrogen) atoms. The van der Waals surface area contributed by atoms with Gasteiger partial charge in [-0.25, -0.2) is 15.4 Å². The van der Waals surface area contributed by atoms with Crippen molar-refractivity contribution in [1.29, 1.82) is 0 Å². The Kier molecular flexibility index (Phi) is 4.37. The number of nitrogens with one attached hydrogen (secondary N) is 2. The molecule has 0 spiro atoms. The molecular formula is C15H19N5O3S. The van der Waals surface area contributed by atoms with Gasteiger partial charge in [-0.05, 0) is 19.8 Å². The molecule has 2 heterocycles. The van der Waals surface area contributed by atoms with Gasteiger partial charge in [-0.2, -0.15) is 0 Å². The Morgan fingerprint density at radius 3 is 2.75 bits per heavy atom. The molecule has 2 amide bonds. The molecule has 2 aromatic heterocycles. The van der Waals surface area contributed by atoms with Crippen LogP contribution in [0, 0.1) is 6.92 Å². The smallest absolute Gasteiger partial charge is 0.266 e. The summed E-state index contributed by atoms with van der Waals surface area (Å²) >= 11 is 1.51. The first-order valence-electron chi connectivity index (χ1n) is 7.59. The zero-order chi connectivity index (χ0) is 17.3. The number of aryl methyl sites for hydroxylation is 1. The molecule has 0 saturated heterocycles. The summed E-state index contributed by atoms with van der Waals surface area (Å²) in [4.78, 5) is 38.5. The van der Waals surface area contributed by atoms with Crippen LogP contribution in [0.15, 0.2) is 18.7 Å². The fourth-order valence-corrected chi connectivity index (χ4v) is 3.85. The number of H-pyrrole nitrogens is 1. The molecule has 0 bridgehead atoms. The Bertz CT molecular complexity index is 738. The quantitative estimate of drug-likeness (QED) is 0.527. The minimum atomic E-state index is -0.825. The van der Waals surface area contributed by atoms with E-state index >= 15 is 0 Å². The number of amides is 2. The highest BCUT2D eigenvalue weighted by Crippen LogP contribution is 2.51. The SMILES string of the molecule is Cc1ncc(C2(C(=O)N(C)[C@H](Cc3cnc[nH]3)C(=O)NO)CC2)s1. The van der Waals surface area contributed by atoms with Crippen LogP contribution in [0.5, 0.6) is 0 Å². The molecule has 3 N–H and O–H groups in total. The molecule has 1 aliphatic carbocycles. The summed E-state index contributed by atoms with van der Waals surface area (Å²) in [6, 6.07) is -0.825. The molecule has 9 heteroatoms. The summed E-state index contributed by atoms with van der Waals surface area (Å²) in [5, 5.41) is 9.94. The lowest BCUT2D eigenvalue weighted by molar-refractivity contribution is -0.144. The summed E-state index contributed by atoms with van der Waals surface area (Å²) < 4.78 is 0. The van der Waals surface area contributed by atoms with Crippen molar-refractivity contribution in [2.24, 2.45) is 0 Å². The second kappa shape index (κ2) is 6.33. The molecule has 1 atom stereocenters. The highest BCUT2D eigenvalue weighted by Gasteiger charge is 2.55. The second-order valence-corrected chi connectivity index (χ2v) is 7.25. The molecule has 1 saturated carbocycles. The zero-order valence-electron chi connectivity index (χ0n) is 13.4. The van der Waals surface area contributed by atoms with Gasteiger partial charge in [-0.1, -0.05) is 0 Å². The standard InChI is InChI=1S/C15H19N5O3S/c1-9-17-7-12(24-9)15(3-4-15)14(22)20(2)11(13(21)19-23)5-10-6-16-8-18-10/h6-8,11,23H,3-5H2,1-2H3,(H,16,18)(H,19,21)/t11-/m1/s1. The number of carbonyl (C=O) groups excluding carboxylic acids is 2. The molecule has 0 unspecified atom stereocenters. The molecular weight excluding hydrogens is 330 g/mol. The van der Waals surface area contributed by atoms with Gasteiger partial charge in [0, 0.05) is 36.4 Å². The van der Waals surface area contributed by atoms with Gasteiger partial charge < -0.3 is 9.88 Å². The number of rotatable bonds is 6. The van der Waals surface area contributed by atoms with E-state index in [0.717, 1.165) is 22.7 Å². The maximum Gasteiger partial charge on any atom is 0.266 e. The van der Waals surface area contributed by atoms with Gasteiger partial charge in [0.05, 0.1) is 16.7 Å². The number of likely N-dealkylation sites (N-methyl/N-ethyl adjacent to an activating group) is 1. The summed E-state index contributed by atoms with van der Waals surface area (Å²) in [6.07, 6.45) is 6.58. The van der Waals surface area contributed by atoms with Crippen LogP contribution in [-0.4, -0.2) is 50.0 Å². The Morgan fingerprint density at radius 2 is 2.25 bits per heavy atom. The number of imidazole rings is 1. The van der Waals surface area contributed by atoms with Crippen molar-refractivity contribution in [3.05, 3.63) is 34.3 Å². The molecule has 1 fully saturated rings. The van der Waals surface area contributed by atoms with Crippen molar-refractivity contribution in [3.8, 4) is 0 Å². The Labute approximate surface area is 142 Å². The first-order valence-corrected chi connectivity index (χ1v) is 8.41. The maximum atomic E-state index is 13.0. The van der Waals surface area contributed by atoms with Gasteiger partial charge in [0.15, 0.2) is 0 Å². The second-order valence-electron chi connectivity index (χ2n) is 6.01. The predicted molar refractivity (Wildman–Crippen MR) is 86.5 cm³/mol. The lowest BCUT2D eigenvalue weighted by Gasteiger charge is -2.29. The first-order chi connectivity index (χ1) is 11.5. The van der Waals surface area contributed by atoms with E-state index in [1.807, 2.05) is 6.92 Å². The van der Waals surface area contributed by atoms with E-state index in [1.54, 1.807) is 24.9 Å². The number of nitrogens with zero attached hydrogens (tertiary/aromatic N) is 3. The zero-order valence-corrected chi connectivity index (χ0v) is 14.3. The Morgan fingerprint density at radius 1 is 1.50 bits per heavy atom. The van der Waals surface area contributed by atoms with Crippen molar-refractivity contribution >= 4 is 23.2 Å². The van der Waals surface area contributed by atoms with Gasteiger partial charge in [-0.3, -0.25) is 14.8 Å². The summed E-state index contributed by atoms with van der Waals surface area (Å²) in [5.74, 6) is -0.754. The lowest BCUT2D eigenvalue weighted by Crippen LogP contribution is -2.51. The van der Waals surface area contributed by atoms with Crippen LogP contribution < -0.4 is 5.48 Å². The van der Waals surface area contributed by atoms with E-state index in [4.69, 9.17) is 5.21 Å². The number of carbonyl (C=O) groups is 2. The van der Waals surface area contributed by atoms with Crippen molar-refractivity contribution in [2.75, 3.05) is 7.05 Å². The fraction of sp³-hybridized carbons (Fsp3) is 0.467. The predicted octanol–water partition coefficient (Wildman–Crippen LogP) is 0.781. The van der Waals surface area contributed by atoms with Crippen LogP contribution in [0.2, 0.25) is 0 Å². The molecule has 1 aliphatic rings. The molecule has 0 radical (unpaired) electrons. The van der Waals surface area contributed by atoms with Crippen LogP contribution >= 0.6 is 11.3 Å². The summed E-state index contributed by atoms with van der Waals surface area (Å²) in [6.45, 7) is 1.90. The van der Waals surface area contributed by atoms with Crippen LogP contribution in [0.25, 0.3) is 0 Å². The van der Waals surface area contributed by atoms with Crippen LogP contribution in [0.3, 0.4) is 0 Å². The van der Waals surface area contributed by atoms with E-state index in [0.29, 0.717) is 5.69 Å². The van der Waals surface area contributed by atoms with E-state index < -0.39 is 17.4 Å². The molecule has 0 aliphatic heterocycles. The Balaban J connectivity index is 1.82. The fourth-order valence-electron chi connectivity index (χ4n) is 2.84. The highest BCUT2D eigenvalue weighted by atomic mass is 32.1. The first kappa shape index (κ1) is 16.6. The van der Waals surface area contributed by atoms with E-state index in [1.165, 1.54) is 22.6 Å². The maximum absolute atomic E-state index is 13.0. The van der Waals surface area contributed by atoms with E-state index in [2.05, 4.69) is 15.0 Å². The number of hydrogen-bond acceptors (Lipinski definition) is 6. The topological polar surface area (TPSA) is 111 Å². The lowest BCUT2D eigenvalue weighted by atomic mass is 10.0. The summed E-state index contributed by atoms with van der Waals surface area (Å²) in [5.41, 5.74) is 1.78. The number of hydrogen-bond donors (Lipinski definition) is 3. The third kappa shape index (κ3) is 2.92. The van der Waals surface area contributed by atoms with E-state index in [9.17, 15) is 9.59 Å². The Hall–Kier alpha value is -2.26. The average Bonchev–Trinajstić information content (AvgIpc) is 3.00. The number of thiazole rings is 1. The molecule has 2 aromatic rings. The van der Waals surface area contributed by atoms with Gasteiger partial charge in [0.1, 0.15) is 6.04 Å². The van der Waals surface area contributed by atoms with Crippen molar-refractivity contribution in [2.45, 2.75) is 37.6 Å². The average molecular weight is 349 g/mol. The van der Waals surface area contributed by atoms with Gasteiger partial charge >= 0.3 is 0 Å². The van der Waals surface area contributed by atoms with Crippen molar-refractivity contribution in [1.82, 2.24) is 25.3 Å². The minimum Gasteiger partial charge on any atom is -0.348 e. The van der Waals surface area contributed by atoms with Gasteiger partial charge in [0.25, 0.3) is 5.91 Å². The van der Waals surface area contributed by atoms with Crippen molar-refractivity contribution < 1.29 is 14.8 Å². The number of hydroxylamine groups is 1. The van der Waals surface area contributed by atoms with Gasteiger partial charge in [0.2, 0.25) is 5.91 Å².